The van der Waals surface area contributed by atoms with Gasteiger partial charge in [0.15, 0.2) is 16.7 Å². The van der Waals surface area contributed by atoms with Crippen LogP contribution >= 0.6 is 11.8 Å². The van der Waals surface area contributed by atoms with Crippen LogP contribution in [-0.2, 0) is 4.79 Å². The average Bonchev–Trinajstić information content (AvgIpc) is 3.16. The zero-order chi connectivity index (χ0) is 18.6. The lowest BCUT2D eigenvalue weighted by Crippen LogP contribution is -2.23. The van der Waals surface area contributed by atoms with Crippen LogP contribution in [0.4, 0.5) is 5.69 Å². The molecule has 1 amide bonds. The summed E-state index contributed by atoms with van der Waals surface area (Å²) in [6, 6.07) is 15.1. The molecule has 2 heterocycles. The molecule has 1 aromatic heterocycles. The number of carbonyl (C=O) groups is 1. The van der Waals surface area contributed by atoms with Gasteiger partial charge in [-0.15, -0.1) is 10.2 Å². The van der Waals surface area contributed by atoms with Gasteiger partial charge in [0.1, 0.15) is 19.5 Å². The first kappa shape index (κ1) is 17.4. The molecule has 0 radical (unpaired) electrons. The molecule has 138 valence electrons. The molecule has 0 bridgehead atoms. The molecule has 0 spiro atoms. The molecule has 27 heavy (non-hydrogen) atoms. The molecule has 3 aromatic rings. The highest BCUT2D eigenvalue weighted by Gasteiger charge is 2.20. The summed E-state index contributed by atoms with van der Waals surface area (Å²) in [5.41, 5.74) is 1.62. The highest BCUT2D eigenvalue weighted by Crippen LogP contribution is 2.33. The van der Waals surface area contributed by atoms with Gasteiger partial charge in [-0.3, -0.25) is 9.36 Å². The summed E-state index contributed by atoms with van der Waals surface area (Å²) in [5.74, 6) is 1.21. The highest BCUT2D eigenvalue weighted by atomic mass is 32.2. The van der Waals surface area contributed by atoms with Crippen LogP contribution in [0.1, 0.15) is 6.92 Å². The number of benzene rings is 2. The van der Waals surface area contributed by atoms with Crippen molar-refractivity contribution in [3.8, 4) is 17.2 Å². The van der Waals surface area contributed by atoms with Gasteiger partial charge < -0.3 is 14.8 Å². The summed E-state index contributed by atoms with van der Waals surface area (Å²) >= 11 is 1.35. The van der Waals surface area contributed by atoms with E-state index in [2.05, 4.69) is 15.5 Å². The van der Waals surface area contributed by atoms with Crippen molar-refractivity contribution in [3.05, 3.63) is 54.9 Å². The Balaban J connectivity index is 1.44. The minimum absolute atomic E-state index is 0.126. The molecule has 8 heteroatoms. The SMILES string of the molecule is C[C@H](Sc1nncn1-c1ccccc1)C(=O)Nc1ccc2c(c1)OCCO2. The summed E-state index contributed by atoms with van der Waals surface area (Å²) < 4.78 is 12.9. The zero-order valence-electron chi connectivity index (χ0n) is 14.7. The lowest BCUT2D eigenvalue weighted by Gasteiger charge is -2.19. The van der Waals surface area contributed by atoms with Crippen molar-refractivity contribution in [2.75, 3.05) is 18.5 Å². The Bertz CT molecular complexity index is 945. The molecular formula is C19H18N4O3S. The number of rotatable bonds is 5. The van der Waals surface area contributed by atoms with E-state index >= 15 is 0 Å². The number of nitrogens with zero attached hydrogens (tertiary/aromatic N) is 3. The smallest absolute Gasteiger partial charge is 0.237 e. The van der Waals surface area contributed by atoms with Crippen molar-refractivity contribution in [1.29, 1.82) is 0 Å². The molecule has 1 N–H and O–H groups in total. The molecule has 1 aliphatic heterocycles. The predicted octanol–water partition coefficient (Wildman–Crippen LogP) is 3.16. The first-order chi connectivity index (χ1) is 13.2. The third-order valence-corrected chi connectivity index (χ3v) is 5.07. The van der Waals surface area contributed by atoms with Crippen LogP contribution in [0.5, 0.6) is 11.5 Å². The first-order valence-electron chi connectivity index (χ1n) is 8.53. The quantitative estimate of drug-likeness (QED) is 0.683. The lowest BCUT2D eigenvalue weighted by molar-refractivity contribution is -0.115. The number of carbonyl (C=O) groups excluding carboxylic acids is 1. The van der Waals surface area contributed by atoms with Crippen LogP contribution in [0.15, 0.2) is 60.0 Å². The van der Waals surface area contributed by atoms with Crippen LogP contribution in [0, 0.1) is 0 Å². The minimum atomic E-state index is -0.357. The second-order valence-corrected chi connectivity index (χ2v) is 7.23. The Hall–Kier alpha value is -3.00. The van der Waals surface area contributed by atoms with Gasteiger partial charge >= 0.3 is 0 Å². The van der Waals surface area contributed by atoms with E-state index in [1.54, 1.807) is 24.5 Å². The molecule has 0 saturated heterocycles. The normalized spacial score (nSPS) is 13.8. The third-order valence-electron chi connectivity index (χ3n) is 4.01. The molecule has 0 unspecified atom stereocenters. The van der Waals surface area contributed by atoms with Crippen molar-refractivity contribution < 1.29 is 14.3 Å². The molecule has 4 rings (SSSR count). The number of thioether (sulfide) groups is 1. The second-order valence-electron chi connectivity index (χ2n) is 5.93. The van der Waals surface area contributed by atoms with Gasteiger partial charge in [-0.05, 0) is 31.2 Å². The fraction of sp³-hybridized carbons (Fsp3) is 0.211. The predicted molar refractivity (Wildman–Crippen MR) is 103 cm³/mol. The summed E-state index contributed by atoms with van der Waals surface area (Å²) in [7, 11) is 0. The maximum absolute atomic E-state index is 12.6. The van der Waals surface area contributed by atoms with Crippen molar-refractivity contribution in [2.45, 2.75) is 17.3 Å². The molecule has 1 atom stereocenters. The number of nitrogens with one attached hydrogen (secondary N) is 1. The van der Waals surface area contributed by atoms with Crippen LogP contribution in [0.3, 0.4) is 0 Å². The Kier molecular flexibility index (Phi) is 4.97. The Morgan fingerprint density at radius 2 is 1.93 bits per heavy atom. The number of anilines is 1. The van der Waals surface area contributed by atoms with E-state index in [0.717, 1.165) is 5.69 Å². The fourth-order valence-electron chi connectivity index (χ4n) is 2.65. The topological polar surface area (TPSA) is 78.3 Å². The molecule has 0 aliphatic carbocycles. The Labute approximate surface area is 160 Å². The average molecular weight is 382 g/mol. The maximum atomic E-state index is 12.6. The number of amides is 1. The summed E-state index contributed by atoms with van der Waals surface area (Å²) in [4.78, 5) is 12.6. The van der Waals surface area contributed by atoms with Gasteiger partial charge in [0.2, 0.25) is 5.91 Å². The van der Waals surface area contributed by atoms with E-state index in [9.17, 15) is 4.79 Å². The number of hydrogen-bond donors (Lipinski definition) is 1. The summed E-state index contributed by atoms with van der Waals surface area (Å²) in [6.07, 6.45) is 1.64. The van der Waals surface area contributed by atoms with Crippen molar-refractivity contribution in [1.82, 2.24) is 14.8 Å². The van der Waals surface area contributed by atoms with Crippen molar-refractivity contribution in [3.63, 3.8) is 0 Å². The van der Waals surface area contributed by atoms with E-state index < -0.39 is 0 Å². The minimum Gasteiger partial charge on any atom is -0.486 e. The van der Waals surface area contributed by atoms with E-state index in [4.69, 9.17) is 9.47 Å². The second kappa shape index (κ2) is 7.71. The Morgan fingerprint density at radius 3 is 2.74 bits per heavy atom. The first-order valence-corrected chi connectivity index (χ1v) is 9.41. The number of aromatic nitrogens is 3. The summed E-state index contributed by atoms with van der Waals surface area (Å²) in [6.45, 7) is 2.88. The van der Waals surface area contributed by atoms with Gasteiger partial charge in [0.25, 0.3) is 0 Å². The number of hydrogen-bond acceptors (Lipinski definition) is 6. The van der Waals surface area contributed by atoms with E-state index in [1.165, 1.54) is 11.8 Å². The van der Waals surface area contributed by atoms with Crippen LogP contribution < -0.4 is 14.8 Å². The highest BCUT2D eigenvalue weighted by molar-refractivity contribution is 8.00. The van der Waals surface area contributed by atoms with E-state index in [1.807, 2.05) is 41.8 Å². The van der Waals surface area contributed by atoms with Gasteiger partial charge in [-0.25, -0.2) is 0 Å². The van der Waals surface area contributed by atoms with Gasteiger partial charge in [0, 0.05) is 17.4 Å². The molecule has 1 aliphatic rings. The molecule has 7 nitrogen and oxygen atoms in total. The molecule has 0 saturated carbocycles. The Morgan fingerprint density at radius 1 is 1.15 bits per heavy atom. The van der Waals surface area contributed by atoms with Crippen LogP contribution in [-0.4, -0.2) is 39.1 Å². The fourth-order valence-corrected chi connectivity index (χ4v) is 3.49. The van der Waals surface area contributed by atoms with Gasteiger partial charge in [-0.1, -0.05) is 30.0 Å². The number of ether oxygens (including phenoxy) is 2. The molecule has 0 fully saturated rings. The van der Waals surface area contributed by atoms with Crippen molar-refractivity contribution >= 4 is 23.4 Å². The number of fused-ring (bicyclic) bond motifs is 1. The van der Waals surface area contributed by atoms with Crippen molar-refractivity contribution in [2.24, 2.45) is 0 Å². The molecular weight excluding hydrogens is 364 g/mol. The van der Waals surface area contributed by atoms with Gasteiger partial charge in [-0.2, -0.15) is 0 Å². The standard InChI is InChI=1S/C19H18N4O3S/c1-13(27-19-22-20-12-23(19)15-5-3-2-4-6-15)18(24)21-14-7-8-16-17(11-14)26-10-9-25-16/h2-8,11-13H,9-10H2,1H3,(H,21,24)/t13-/m0/s1. The lowest BCUT2D eigenvalue weighted by atomic mass is 10.2. The largest absolute Gasteiger partial charge is 0.486 e. The maximum Gasteiger partial charge on any atom is 0.237 e. The monoisotopic (exact) mass is 382 g/mol. The van der Waals surface area contributed by atoms with Crippen LogP contribution in [0.2, 0.25) is 0 Å². The molecule has 2 aromatic carbocycles. The van der Waals surface area contributed by atoms with Gasteiger partial charge in [0.05, 0.1) is 5.25 Å². The zero-order valence-corrected chi connectivity index (χ0v) is 15.5. The number of para-hydroxylation sites is 1. The third kappa shape index (κ3) is 3.90. The van der Waals surface area contributed by atoms with E-state index in [-0.39, 0.29) is 11.2 Å². The van der Waals surface area contributed by atoms with Crippen LogP contribution in [0.25, 0.3) is 5.69 Å². The summed E-state index contributed by atoms with van der Waals surface area (Å²) in [5, 5.41) is 11.3. The van der Waals surface area contributed by atoms with E-state index in [0.29, 0.717) is 35.6 Å².